The topological polar surface area (TPSA) is 123 Å². The van der Waals surface area contributed by atoms with Crippen molar-refractivity contribution >= 4 is 33.7 Å². The summed E-state index contributed by atoms with van der Waals surface area (Å²) in [6.45, 7) is 6.81. The summed E-state index contributed by atoms with van der Waals surface area (Å²) in [4.78, 5) is 35.1. The summed E-state index contributed by atoms with van der Waals surface area (Å²) in [5.74, 6) is -0.0496. The van der Waals surface area contributed by atoms with Crippen molar-refractivity contribution in [1.29, 1.82) is 0 Å². The monoisotopic (exact) mass is 749 g/mol. The molecular formula is C43H45F2N5O5. The van der Waals surface area contributed by atoms with Crippen LogP contribution < -0.4 is 14.8 Å². The Morgan fingerprint density at radius 2 is 1.15 bits per heavy atom. The fraction of sp³-hybridized carbons (Fsp3) is 0.302. The van der Waals surface area contributed by atoms with Gasteiger partial charge in [-0.15, -0.1) is 0 Å². The highest BCUT2D eigenvalue weighted by atomic mass is 19.1. The Balaban J connectivity index is 0.000000197. The average molecular weight is 750 g/mol. The standard InChI is InChI=1S/C28H35FN4O2.C15H10FNO3/c29-21-7-5-8-23(19-21)35-27-10-6-9-25-24(27)20-26(31-25)28(34)30-22-11-15-33(16-12-22)18-17-32-13-3-1-2-4-14-32;16-9-3-1-4-10(7-9)20-14-6-2-5-12-11(14)8-13(17-12)15(18)19/h5-10,19-20,22,31H,1-4,11-18H2,(H,30,34);1-8,17H,(H,18,19). The van der Waals surface area contributed by atoms with E-state index in [9.17, 15) is 18.4 Å². The highest BCUT2D eigenvalue weighted by Crippen LogP contribution is 2.32. The van der Waals surface area contributed by atoms with Crippen LogP contribution in [0.4, 0.5) is 8.78 Å². The van der Waals surface area contributed by atoms with E-state index in [-0.39, 0.29) is 23.5 Å². The van der Waals surface area contributed by atoms with Crippen LogP contribution in [0.2, 0.25) is 0 Å². The minimum Gasteiger partial charge on any atom is -0.477 e. The molecule has 0 radical (unpaired) electrons. The Labute approximate surface area is 318 Å². The number of fused-ring (bicyclic) bond motifs is 2. The van der Waals surface area contributed by atoms with E-state index in [1.54, 1.807) is 42.5 Å². The van der Waals surface area contributed by atoms with Gasteiger partial charge in [0.1, 0.15) is 46.0 Å². The summed E-state index contributed by atoms with van der Waals surface area (Å²) < 4.78 is 38.2. The van der Waals surface area contributed by atoms with Crippen molar-refractivity contribution < 1.29 is 33.0 Å². The lowest BCUT2D eigenvalue weighted by molar-refractivity contribution is 0.0691. The second kappa shape index (κ2) is 17.6. The van der Waals surface area contributed by atoms with Crippen LogP contribution in [0.15, 0.2) is 97.1 Å². The van der Waals surface area contributed by atoms with Gasteiger partial charge in [-0.05, 0) is 99.4 Å². The molecule has 286 valence electrons. The zero-order valence-corrected chi connectivity index (χ0v) is 30.5. The number of amides is 1. The first kappa shape index (κ1) is 37.6. The normalized spacial score (nSPS) is 15.6. The predicted molar refractivity (Wildman–Crippen MR) is 208 cm³/mol. The molecule has 12 heteroatoms. The molecule has 2 aliphatic rings. The molecule has 0 saturated carbocycles. The third kappa shape index (κ3) is 9.88. The number of carbonyl (C=O) groups is 2. The molecule has 0 bridgehead atoms. The van der Waals surface area contributed by atoms with Gasteiger partial charge in [0.25, 0.3) is 5.91 Å². The lowest BCUT2D eigenvalue weighted by Crippen LogP contribution is -2.46. The molecule has 6 aromatic rings. The summed E-state index contributed by atoms with van der Waals surface area (Å²) in [6, 6.07) is 26.1. The van der Waals surface area contributed by atoms with E-state index < -0.39 is 11.8 Å². The molecular weight excluding hydrogens is 704 g/mol. The number of rotatable bonds is 10. The van der Waals surface area contributed by atoms with Crippen LogP contribution in [-0.4, -0.2) is 82.1 Å². The van der Waals surface area contributed by atoms with E-state index in [0.29, 0.717) is 39.6 Å². The SMILES string of the molecule is O=C(NC1CCN(CCN2CCCCCC2)CC1)c1cc2c(Oc3cccc(F)c3)cccc2[nH]1.O=C(O)c1cc2c(Oc3cccc(F)c3)cccc2[nH]1. The number of nitrogens with one attached hydrogen (secondary N) is 3. The zero-order chi connectivity index (χ0) is 38.1. The molecule has 2 aliphatic heterocycles. The number of aromatic nitrogens is 2. The van der Waals surface area contributed by atoms with Gasteiger partial charge in [0.2, 0.25) is 0 Å². The molecule has 4 N–H and O–H groups in total. The van der Waals surface area contributed by atoms with Gasteiger partial charge < -0.3 is 39.7 Å². The number of ether oxygens (including phenoxy) is 2. The molecule has 4 heterocycles. The number of piperidine rings is 1. The number of carbonyl (C=O) groups excluding carboxylic acids is 1. The first-order valence-corrected chi connectivity index (χ1v) is 18.9. The lowest BCUT2D eigenvalue weighted by Gasteiger charge is -2.33. The number of carboxylic acid groups (broad SMARTS) is 1. The number of aromatic amines is 2. The minimum atomic E-state index is -1.04. The van der Waals surface area contributed by atoms with Gasteiger partial charge in [0.05, 0.1) is 0 Å². The van der Waals surface area contributed by atoms with Crippen molar-refractivity contribution in [1.82, 2.24) is 25.1 Å². The molecule has 8 rings (SSSR count). The van der Waals surface area contributed by atoms with Crippen molar-refractivity contribution in [3.05, 3.63) is 120 Å². The van der Waals surface area contributed by atoms with Crippen LogP contribution in [0.3, 0.4) is 0 Å². The van der Waals surface area contributed by atoms with Gasteiger partial charge in [0.15, 0.2) is 0 Å². The van der Waals surface area contributed by atoms with Crippen LogP contribution >= 0.6 is 0 Å². The van der Waals surface area contributed by atoms with E-state index in [4.69, 9.17) is 14.6 Å². The number of hydrogen-bond donors (Lipinski definition) is 4. The van der Waals surface area contributed by atoms with Gasteiger partial charge in [-0.2, -0.15) is 0 Å². The van der Waals surface area contributed by atoms with E-state index in [2.05, 4.69) is 25.1 Å². The maximum absolute atomic E-state index is 13.5. The van der Waals surface area contributed by atoms with E-state index >= 15 is 0 Å². The van der Waals surface area contributed by atoms with Gasteiger partial charge in [-0.3, -0.25) is 4.79 Å². The molecule has 2 saturated heterocycles. The van der Waals surface area contributed by atoms with Crippen LogP contribution in [0.5, 0.6) is 23.0 Å². The molecule has 4 aromatic carbocycles. The fourth-order valence-corrected chi connectivity index (χ4v) is 7.19. The fourth-order valence-electron chi connectivity index (χ4n) is 7.19. The second-order valence-electron chi connectivity index (χ2n) is 14.1. The first-order valence-electron chi connectivity index (χ1n) is 18.9. The Kier molecular flexibility index (Phi) is 12.0. The Bertz CT molecular complexity index is 2240. The molecule has 0 aliphatic carbocycles. The minimum absolute atomic E-state index is 0.0790. The number of hydrogen-bond acceptors (Lipinski definition) is 6. The Morgan fingerprint density at radius 3 is 1.67 bits per heavy atom. The highest BCUT2D eigenvalue weighted by molar-refractivity contribution is 6.00. The number of likely N-dealkylation sites (tertiary alicyclic amines) is 2. The molecule has 0 atom stereocenters. The van der Waals surface area contributed by atoms with Crippen LogP contribution in [0.25, 0.3) is 21.8 Å². The summed E-state index contributed by atoms with van der Waals surface area (Å²) in [5.41, 5.74) is 2.05. The van der Waals surface area contributed by atoms with E-state index in [0.717, 1.165) is 49.9 Å². The maximum atomic E-state index is 13.5. The molecule has 2 aromatic heterocycles. The molecule has 0 unspecified atom stereocenters. The van der Waals surface area contributed by atoms with Crippen molar-refractivity contribution in [3.8, 4) is 23.0 Å². The summed E-state index contributed by atoms with van der Waals surface area (Å²) in [6.07, 6.45) is 7.36. The third-order valence-electron chi connectivity index (χ3n) is 10.1. The average Bonchev–Trinajstić information content (AvgIpc) is 3.74. The summed E-state index contributed by atoms with van der Waals surface area (Å²) in [5, 5.41) is 13.6. The van der Waals surface area contributed by atoms with Gasteiger partial charge >= 0.3 is 5.97 Å². The number of halogens is 2. The van der Waals surface area contributed by atoms with Gasteiger partial charge in [-0.25, -0.2) is 13.6 Å². The second-order valence-corrected chi connectivity index (χ2v) is 14.1. The lowest BCUT2D eigenvalue weighted by atomic mass is 10.0. The van der Waals surface area contributed by atoms with E-state index in [1.165, 1.54) is 69.1 Å². The van der Waals surface area contributed by atoms with E-state index in [1.807, 2.05) is 24.3 Å². The Morgan fingerprint density at radius 1 is 0.655 bits per heavy atom. The quantitative estimate of drug-likeness (QED) is 0.110. The van der Waals surface area contributed by atoms with Crippen molar-refractivity contribution in [2.45, 2.75) is 44.6 Å². The third-order valence-corrected chi connectivity index (χ3v) is 10.1. The summed E-state index contributed by atoms with van der Waals surface area (Å²) >= 11 is 0. The number of H-pyrrole nitrogens is 2. The molecule has 0 spiro atoms. The van der Waals surface area contributed by atoms with Crippen LogP contribution in [-0.2, 0) is 0 Å². The molecule has 55 heavy (non-hydrogen) atoms. The predicted octanol–water partition coefficient (Wildman–Crippen LogP) is 8.97. The van der Waals surface area contributed by atoms with Crippen molar-refractivity contribution in [2.75, 3.05) is 39.3 Å². The number of carboxylic acids is 1. The van der Waals surface area contributed by atoms with Gasteiger partial charge in [0, 0.05) is 66.2 Å². The molecule has 10 nitrogen and oxygen atoms in total. The number of benzene rings is 4. The van der Waals surface area contributed by atoms with Gasteiger partial charge in [-0.1, -0.05) is 37.1 Å². The van der Waals surface area contributed by atoms with Crippen molar-refractivity contribution in [3.63, 3.8) is 0 Å². The zero-order valence-electron chi connectivity index (χ0n) is 30.5. The smallest absolute Gasteiger partial charge is 0.352 e. The Hall–Kier alpha value is -5.72. The number of nitrogens with zero attached hydrogens (tertiary/aromatic N) is 2. The first-order chi connectivity index (χ1) is 26.8. The highest BCUT2D eigenvalue weighted by Gasteiger charge is 2.23. The summed E-state index contributed by atoms with van der Waals surface area (Å²) in [7, 11) is 0. The number of aromatic carboxylic acids is 1. The maximum Gasteiger partial charge on any atom is 0.352 e. The van der Waals surface area contributed by atoms with Crippen LogP contribution in [0.1, 0.15) is 59.5 Å². The van der Waals surface area contributed by atoms with Crippen molar-refractivity contribution in [2.24, 2.45) is 0 Å². The molecule has 2 fully saturated rings. The molecule has 1 amide bonds. The van der Waals surface area contributed by atoms with Crippen LogP contribution in [0, 0.1) is 11.6 Å². The largest absolute Gasteiger partial charge is 0.477 e.